The normalized spacial score (nSPS) is 15.5. The van der Waals surface area contributed by atoms with Gasteiger partial charge in [0.25, 0.3) is 0 Å². The number of hydrogen-bond donors (Lipinski definition) is 0. The zero-order valence-corrected chi connectivity index (χ0v) is 7.41. The molecule has 0 bridgehead atoms. The van der Waals surface area contributed by atoms with Crippen LogP contribution < -0.4 is 0 Å². The van der Waals surface area contributed by atoms with Gasteiger partial charge in [0.15, 0.2) is 0 Å². The molecular weight excluding hydrogens is 190 g/mol. The highest BCUT2D eigenvalue weighted by Crippen LogP contribution is 2.13. The maximum Gasteiger partial charge on any atom is 0.434 e. The lowest BCUT2D eigenvalue weighted by molar-refractivity contribution is 0.181. The van der Waals surface area contributed by atoms with Crippen LogP contribution in [0.25, 0.3) is 0 Å². The van der Waals surface area contributed by atoms with Crippen molar-refractivity contribution >= 4 is 23.4 Å². The molecule has 1 aromatic carbocycles. The second-order valence-corrected chi connectivity index (χ2v) is 3.06. The number of hydrogen-bond acceptors (Lipinski definition) is 2. The summed E-state index contributed by atoms with van der Waals surface area (Å²) >= 11 is 5.71. The molecule has 13 heavy (non-hydrogen) atoms. The minimum absolute atomic E-state index is 0.250. The summed E-state index contributed by atoms with van der Waals surface area (Å²) in [5.41, 5.74) is 1.52. The Morgan fingerprint density at radius 3 is 2.54 bits per heavy atom. The first kappa shape index (κ1) is 8.26. The molecule has 0 radical (unpaired) electrons. The fourth-order valence-electron chi connectivity index (χ4n) is 1.09. The molecule has 0 unspecified atom stereocenters. The zero-order chi connectivity index (χ0) is 9.26. The molecule has 66 valence electrons. The van der Waals surface area contributed by atoms with Crippen molar-refractivity contribution in [2.45, 2.75) is 0 Å². The predicted octanol–water partition coefficient (Wildman–Crippen LogP) is 2.28. The molecule has 1 aliphatic rings. The number of amides is 1. The van der Waals surface area contributed by atoms with Crippen LogP contribution >= 0.6 is 11.6 Å². The van der Waals surface area contributed by atoms with E-state index in [1.807, 2.05) is 12.1 Å². The Kier molecular flexibility index (Phi) is 2.02. The van der Waals surface area contributed by atoms with Gasteiger partial charge in [0.2, 0.25) is 0 Å². The van der Waals surface area contributed by atoms with Crippen LogP contribution in [-0.4, -0.2) is 18.4 Å². The molecule has 0 N–H and O–H groups in total. The van der Waals surface area contributed by atoms with Crippen LogP contribution in [0.2, 0.25) is 5.02 Å². The zero-order valence-electron chi connectivity index (χ0n) is 6.66. The van der Waals surface area contributed by atoms with E-state index in [1.165, 1.54) is 0 Å². The number of rotatable bonds is 1. The van der Waals surface area contributed by atoms with Gasteiger partial charge in [0.05, 0.1) is 5.71 Å². The van der Waals surface area contributed by atoms with Crippen molar-refractivity contribution in [3.8, 4) is 0 Å². The maximum atomic E-state index is 10.7. The second-order valence-electron chi connectivity index (χ2n) is 2.62. The van der Waals surface area contributed by atoms with Gasteiger partial charge < -0.3 is 4.74 Å². The molecule has 3 nitrogen and oxygen atoms in total. The smallest absolute Gasteiger partial charge is 0.434 e. The standard InChI is InChI=1S/C9H6ClNO2/c10-7-3-1-6(2-4-7)8-5-13-9(12)11-8/h1-4H,5H2. The number of ether oxygens (including phenoxy) is 1. The molecule has 0 fully saturated rings. The van der Waals surface area contributed by atoms with Gasteiger partial charge >= 0.3 is 6.09 Å². The molecule has 0 atom stereocenters. The van der Waals surface area contributed by atoms with Gasteiger partial charge in [-0.3, -0.25) is 0 Å². The Hall–Kier alpha value is -1.35. The van der Waals surface area contributed by atoms with Crippen LogP contribution in [-0.2, 0) is 4.74 Å². The van der Waals surface area contributed by atoms with Crippen LogP contribution in [0.5, 0.6) is 0 Å². The fourth-order valence-corrected chi connectivity index (χ4v) is 1.22. The van der Waals surface area contributed by atoms with E-state index in [9.17, 15) is 4.79 Å². The summed E-state index contributed by atoms with van der Waals surface area (Å²) in [5.74, 6) is 0. The van der Waals surface area contributed by atoms with Crippen molar-refractivity contribution < 1.29 is 9.53 Å². The summed E-state index contributed by atoms with van der Waals surface area (Å²) in [5, 5.41) is 0.662. The summed E-state index contributed by atoms with van der Waals surface area (Å²) in [6.07, 6.45) is -0.523. The van der Waals surface area contributed by atoms with Gasteiger partial charge in [0.1, 0.15) is 6.61 Å². The topological polar surface area (TPSA) is 38.7 Å². The molecule has 0 spiro atoms. The summed E-state index contributed by atoms with van der Waals surface area (Å²) in [4.78, 5) is 14.4. The minimum atomic E-state index is -0.523. The molecule has 0 saturated heterocycles. The number of benzene rings is 1. The number of cyclic esters (lactones) is 1. The van der Waals surface area contributed by atoms with Crippen LogP contribution in [0.1, 0.15) is 5.56 Å². The lowest BCUT2D eigenvalue weighted by Crippen LogP contribution is -2.02. The molecule has 1 heterocycles. The molecule has 1 aromatic rings. The van der Waals surface area contributed by atoms with Crippen LogP contribution in [0.4, 0.5) is 4.79 Å². The van der Waals surface area contributed by atoms with Crippen molar-refractivity contribution in [2.24, 2.45) is 4.99 Å². The molecule has 0 aliphatic carbocycles. The number of carbonyl (C=O) groups is 1. The maximum absolute atomic E-state index is 10.7. The van der Waals surface area contributed by atoms with Gasteiger partial charge in [-0.05, 0) is 17.7 Å². The van der Waals surface area contributed by atoms with E-state index in [0.29, 0.717) is 10.7 Å². The van der Waals surface area contributed by atoms with E-state index in [4.69, 9.17) is 11.6 Å². The first-order chi connectivity index (χ1) is 6.25. The van der Waals surface area contributed by atoms with Gasteiger partial charge in [-0.15, -0.1) is 0 Å². The third-order valence-electron chi connectivity index (χ3n) is 1.74. The molecule has 1 amide bonds. The molecule has 2 rings (SSSR count). The monoisotopic (exact) mass is 195 g/mol. The van der Waals surface area contributed by atoms with Crippen molar-refractivity contribution in [2.75, 3.05) is 6.61 Å². The van der Waals surface area contributed by atoms with Gasteiger partial charge in [-0.2, -0.15) is 4.99 Å². The quantitative estimate of drug-likeness (QED) is 0.690. The number of halogens is 1. The van der Waals surface area contributed by atoms with Crippen LogP contribution in [0.3, 0.4) is 0 Å². The van der Waals surface area contributed by atoms with Gasteiger partial charge in [0, 0.05) is 5.02 Å². The van der Waals surface area contributed by atoms with Gasteiger partial charge in [-0.1, -0.05) is 23.7 Å². The van der Waals surface area contributed by atoms with E-state index < -0.39 is 6.09 Å². The van der Waals surface area contributed by atoms with E-state index >= 15 is 0 Å². The van der Waals surface area contributed by atoms with Crippen molar-refractivity contribution in [1.82, 2.24) is 0 Å². The molecular formula is C9H6ClNO2. The highest BCUT2D eigenvalue weighted by atomic mass is 35.5. The van der Waals surface area contributed by atoms with Crippen LogP contribution in [0, 0.1) is 0 Å². The summed E-state index contributed by atoms with van der Waals surface area (Å²) in [6.45, 7) is 0.250. The van der Waals surface area contributed by atoms with E-state index in [-0.39, 0.29) is 6.61 Å². The fraction of sp³-hybridized carbons (Fsp3) is 0.111. The van der Waals surface area contributed by atoms with Gasteiger partial charge in [-0.25, -0.2) is 4.79 Å². The third kappa shape index (κ3) is 1.70. The molecule has 1 aliphatic heterocycles. The highest BCUT2D eigenvalue weighted by Gasteiger charge is 2.15. The average Bonchev–Trinajstić information content (AvgIpc) is 2.53. The lowest BCUT2D eigenvalue weighted by atomic mass is 10.1. The second kappa shape index (κ2) is 3.18. The lowest BCUT2D eigenvalue weighted by Gasteiger charge is -1.97. The summed E-state index contributed by atoms with van der Waals surface area (Å²) < 4.78 is 4.67. The Labute approximate surface area is 80.0 Å². The largest absolute Gasteiger partial charge is 0.441 e. The average molecular weight is 196 g/mol. The Morgan fingerprint density at radius 2 is 2.00 bits per heavy atom. The Balaban J connectivity index is 2.31. The van der Waals surface area contributed by atoms with E-state index in [0.717, 1.165) is 5.56 Å². The van der Waals surface area contributed by atoms with Crippen molar-refractivity contribution in [1.29, 1.82) is 0 Å². The minimum Gasteiger partial charge on any atom is -0.441 e. The summed E-state index contributed by atoms with van der Waals surface area (Å²) in [6, 6.07) is 7.12. The third-order valence-corrected chi connectivity index (χ3v) is 1.99. The number of aliphatic imine (C=N–C) groups is 1. The Morgan fingerprint density at radius 1 is 1.31 bits per heavy atom. The highest BCUT2D eigenvalue weighted by molar-refractivity contribution is 6.30. The van der Waals surface area contributed by atoms with Crippen LogP contribution in [0.15, 0.2) is 29.3 Å². The molecule has 0 saturated carbocycles. The summed E-state index contributed by atoms with van der Waals surface area (Å²) in [7, 11) is 0. The first-order valence-electron chi connectivity index (χ1n) is 3.76. The predicted molar refractivity (Wildman–Crippen MR) is 49.3 cm³/mol. The number of carbonyl (C=O) groups excluding carboxylic acids is 1. The van der Waals surface area contributed by atoms with E-state index in [1.54, 1.807) is 12.1 Å². The van der Waals surface area contributed by atoms with Crippen molar-refractivity contribution in [3.05, 3.63) is 34.9 Å². The number of nitrogens with zero attached hydrogens (tertiary/aromatic N) is 1. The molecule has 4 heteroatoms. The molecule has 0 aromatic heterocycles. The van der Waals surface area contributed by atoms with Crippen molar-refractivity contribution in [3.63, 3.8) is 0 Å². The SMILES string of the molecule is O=C1N=C(c2ccc(Cl)cc2)CO1. The Bertz CT molecular complexity index is 370. The first-order valence-corrected chi connectivity index (χ1v) is 4.14. The van der Waals surface area contributed by atoms with E-state index in [2.05, 4.69) is 9.73 Å².